The largest absolute Gasteiger partial charge is 0.383 e. The highest BCUT2D eigenvalue weighted by Crippen LogP contribution is 2.35. The van der Waals surface area contributed by atoms with Crippen molar-refractivity contribution in [3.8, 4) is 27.9 Å². The van der Waals surface area contributed by atoms with Crippen LogP contribution in [0.5, 0.6) is 0 Å². The molecule has 7 heteroatoms. The number of pyridine rings is 1. The van der Waals surface area contributed by atoms with Crippen molar-refractivity contribution in [1.82, 2.24) is 9.97 Å². The molecule has 0 amide bonds. The Kier molecular flexibility index (Phi) is 5.91. The van der Waals surface area contributed by atoms with E-state index in [9.17, 15) is 5.26 Å². The summed E-state index contributed by atoms with van der Waals surface area (Å²) in [5, 5.41) is 13.0. The van der Waals surface area contributed by atoms with E-state index in [0.29, 0.717) is 22.0 Å². The van der Waals surface area contributed by atoms with Gasteiger partial charge in [0.05, 0.1) is 22.9 Å². The number of nitriles is 1. The second kappa shape index (κ2) is 8.74. The Morgan fingerprint density at radius 3 is 2.86 bits per heavy atom. The number of aromatic nitrogens is 2. The minimum atomic E-state index is 0.223. The maximum atomic E-state index is 9.61. The van der Waals surface area contributed by atoms with Gasteiger partial charge in [-0.25, -0.2) is 9.97 Å². The highest BCUT2D eigenvalue weighted by molar-refractivity contribution is 7.99. The standard InChI is InChI=1S/C21H20N4OS2/c22-11-15-10-17(21-24-18(13-28-21)14-6-2-1-3-7-14)19(23)25-20(15)27-12-16-8-4-5-9-26-16/h1-3,6-7,10,13,16H,4-5,8-9,12H2,(H2,23,25)/t16-/m1/s1. The number of thiazole rings is 1. The molecule has 1 fully saturated rings. The van der Waals surface area contributed by atoms with Gasteiger partial charge in [-0.05, 0) is 25.3 Å². The Hall–Kier alpha value is -2.40. The number of nitrogens with two attached hydrogens (primary N) is 1. The first-order valence-electron chi connectivity index (χ1n) is 9.21. The van der Waals surface area contributed by atoms with E-state index in [1.807, 2.05) is 35.7 Å². The van der Waals surface area contributed by atoms with Gasteiger partial charge in [0.1, 0.15) is 21.9 Å². The molecule has 1 aliphatic rings. The van der Waals surface area contributed by atoms with Crippen molar-refractivity contribution in [3.05, 3.63) is 47.3 Å². The average molecular weight is 409 g/mol. The summed E-state index contributed by atoms with van der Waals surface area (Å²) in [5.41, 5.74) is 9.42. The predicted molar refractivity (Wildman–Crippen MR) is 114 cm³/mol. The Bertz CT molecular complexity index is 991. The molecular formula is C21H20N4OS2. The Labute approximate surface area is 172 Å². The Morgan fingerprint density at radius 1 is 1.25 bits per heavy atom. The lowest BCUT2D eigenvalue weighted by Crippen LogP contribution is -2.21. The molecule has 1 atom stereocenters. The van der Waals surface area contributed by atoms with Gasteiger partial charge in [-0.15, -0.1) is 23.1 Å². The molecule has 3 aromatic rings. The number of nitrogens with zero attached hydrogens (tertiary/aromatic N) is 3. The number of nitrogen functional groups attached to an aromatic ring is 1. The molecule has 0 radical (unpaired) electrons. The second-order valence-electron chi connectivity index (χ2n) is 6.59. The van der Waals surface area contributed by atoms with Crippen LogP contribution in [0.4, 0.5) is 5.82 Å². The lowest BCUT2D eigenvalue weighted by Gasteiger charge is -2.22. The first-order chi connectivity index (χ1) is 13.7. The van der Waals surface area contributed by atoms with E-state index >= 15 is 0 Å². The number of anilines is 1. The summed E-state index contributed by atoms with van der Waals surface area (Å²) >= 11 is 3.05. The number of benzene rings is 1. The molecule has 5 nitrogen and oxygen atoms in total. The molecule has 2 N–H and O–H groups in total. The minimum Gasteiger partial charge on any atom is -0.383 e. The van der Waals surface area contributed by atoms with Gasteiger partial charge in [0.15, 0.2) is 0 Å². The van der Waals surface area contributed by atoms with Crippen LogP contribution in [0.1, 0.15) is 24.8 Å². The highest BCUT2D eigenvalue weighted by Gasteiger charge is 2.18. The van der Waals surface area contributed by atoms with Gasteiger partial charge in [-0.1, -0.05) is 30.3 Å². The summed E-state index contributed by atoms with van der Waals surface area (Å²) < 4.78 is 5.77. The lowest BCUT2D eigenvalue weighted by atomic mass is 10.1. The Morgan fingerprint density at radius 2 is 2.11 bits per heavy atom. The van der Waals surface area contributed by atoms with Gasteiger partial charge in [0, 0.05) is 23.3 Å². The van der Waals surface area contributed by atoms with E-state index in [4.69, 9.17) is 15.5 Å². The fourth-order valence-corrected chi connectivity index (χ4v) is 5.00. The van der Waals surface area contributed by atoms with Crippen LogP contribution in [-0.2, 0) is 4.74 Å². The van der Waals surface area contributed by atoms with Crippen LogP contribution in [-0.4, -0.2) is 28.4 Å². The monoisotopic (exact) mass is 408 g/mol. The molecule has 0 bridgehead atoms. The summed E-state index contributed by atoms with van der Waals surface area (Å²) in [6, 6.07) is 14.1. The summed E-state index contributed by atoms with van der Waals surface area (Å²) in [7, 11) is 0. The van der Waals surface area contributed by atoms with E-state index in [2.05, 4.69) is 11.1 Å². The third-order valence-electron chi connectivity index (χ3n) is 4.62. The molecule has 1 saturated heterocycles. The molecule has 1 aliphatic heterocycles. The van der Waals surface area contributed by atoms with Crippen LogP contribution in [0.3, 0.4) is 0 Å². The topological polar surface area (TPSA) is 84.8 Å². The normalized spacial score (nSPS) is 16.6. The van der Waals surface area contributed by atoms with Crippen molar-refractivity contribution in [3.63, 3.8) is 0 Å². The quantitative estimate of drug-likeness (QED) is 0.599. The maximum Gasteiger partial charge on any atom is 0.135 e. The molecule has 0 unspecified atom stereocenters. The summed E-state index contributed by atoms with van der Waals surface area (Å²) in [6.45, 7) is 0.818. The molecule has 2 aromatic heterocycles. The van der Waals surface area contributed by atoms with Gasteiger partial charge >= 0.3 is 0 Å². The van der Waals surface area contributed by atoms with E-state index in [1.165, 1.54) is 17.8 Å². The number of ether oxygens (including phenoxy) is 1. The van der Waals surface area contributed by atoms with Crippen LogP contribution in [0, 0.1) is 11.3 Å². The van der Waals surface area contributed by atoms with Crippen molar-refractivity contribution in [2.45, 2.75) is 30.4 Å². The third-order valence-corrected chi connectivity index (χ3v) is 6.62. The molecule has 1 aromatic carbocycles. The number of thioether (sulfide) groups is 1. The number of hydrogen-bond donors (Lipinski definition) is 1. The van der Waals surface area contributed by atoms with Gasteiger partial charge in [0.2, 0.25) is 0 Å². The van der Waals surface area contributed by atoms with E-state index in [0.717, 1.165) is 41.5 Å². The summed E-state index contributed by atoms with van der Waals surface area (Å²) in [4.78, 5) is 9.21. The third kappa shape index (κ3) is 4.20. The molecule has 0 aliphatic carbocycles. The Balaban J connectivity index is 1.57. The highest BCUT2D eigenvalue weighted by atomic mass is 32.2. The van der Waals surface area contributed by atoms with Crippen LogP contribution in [0.2, 0.25) is 0 Å². The van der Waals surface area contributed by atoms with Gasteiger partial charge < -0.3 is 10.5 Å². The second-order valence-corrected chi connectivity index (χ2v) is 8.46. The molecule has 4 rings (SSSR count). The van der Waals surface area contributed by atoms with Crippen molar-refractivity contribution < 1.29 is 4.74 Å². The fraction of sp³-hybridized carbons (Fsp3) is 0.286. The van der Waals surface area contributed by atoms with Crippen LogP contribution >= 0.6 is 23.1 Å². The maximum absolute atomic E-state index is 9.61. The van der Waals surface area contributed by atoms with Gasteiger partial charge in [0.25, 0.3) is 0 Å². The zero-order chi connectivity index (χ0) is 19.3. The smallest absolute Gasteiger partial charge is 0.135 e. The lowest BCUT2D eigenvalue weighted by molar-refractivity contribution is 0.0315. The molecule has 0 spiro atoms. The van der Waals surface area contributed by atoms with Crippen molar-refractivity contribution >= 4 is 28.9 Å². The first kappa shape index (κ1) is 18.9. The number of hydrogen-bond acceptors (Lipinski definition) is 7. The number of rotatable bonds is 5. The minimum absolute atomic E-state index is 0.223. The molecule has 3 heterocycles. The first-order valence-corrected chi connectivity index (χ1v) is 11.1. The average Bonchev–Trinajstić information content (AvgIpc) is 3.23. The molecule has 142 valence electrons. The van der Waals surface area contributed by atoms with Crippen LogP contribution in [0.25, 0.3) is 21.8 Å². The van der Waals surface area contributed by atoms with Crippen LogP contribution in [0.15, 0.2) is 46.8 Å². The van der Waals surface area contributed by atoms with E-state index in [-0.39, 0.29) is 6.10 Å². The van der Waals surface area contributed by atoms with E-state index < -0.39 is 0 Å². The summed E-state index contributed by atoms with van der Waals surface area (Å²) in [5.74, 6) is 1.19. The zero-order valence-electron chi connectivity index (χ0n) is 15.3. The molecule has 0 saturated carbocycles. The fourth-order valence-electron chi connectivity index (χ4n) is 3.12. The molecule has 28 heavy (non-hydrogen) atoms. The predicted octanol–water partition coefficient (Wildman–Crippen LogP) is 4.99. The van der Waals surface area contributed by atoms with Crippen molar-refractivity contribution in [2.75, 3.05) is 18.1 Å². The molecular weight excluding hydrogens is 388 g/mol. The van der Waals surface area contributed by atoms with Crippen LogP contribution < -0.4 is 5.73 Å². The van der Waals surface area contributed by atoms with Gasteiger partial charge in [-0.2, -0.15) is 5.26 Å². The zero-order valence-corrected chi connectivity index (χ0v) is 16.9. The van der Waals surface area contributed by atoms with Crippen molar-refractivity contribution in [2.24, 2.45) is 0 Å². The van der Waals surface area contributed by atoms with E-state index in [1.54, 1.807) is 17.8 Å². The van der Waals surface area contributed by atoms with Gasteiger partial charge in [-0.3, -0.25) is 0 Å². The SMILES string of the molecule is N#Cc1cc(-c2nc(-c3ccccc3)cs2)c(N)nc1SC[C@H]1CCCCO1. The van der Waals surface area contributed by atoms with Crippen molar-refractivity contribution in [1.29, 1.82) is 5.26 Å². The summed E-state index contributed by atoms with van der Waals surface area (Å²) in [6.07, 6.45) is 3.60.